The van der Waals surface area contributed by atoms with E-state index in [4.69, 9.17) is 5.11 Å². The van der Waals surface area contributed by atoms with Crippen LogP contribution in [0, 0.1) is 5.82 Å². The molecule has 0 unspecified atom stereocenters. The molecule has 0 spiro atoms. The summed E-state index contributed by atoms with van der Waals surface area (Å²) < 4.78 is 12.9. The van der Waals surface area contributed by atoms with E-state index in [2.05, 4.69) is 19.2 Å². The van der Waals surface area contributed by atoms with Gasteiger partial charge in [0.1, 0.15) is 11.6 Å². The van der Waals surface area contributed by atoms with Crippen molar-refractivity contribution in [3.8, 4) is 0 Å². The highest BCUT2D eigenvalue weighted by atomic mass is 19.1. The maximum absolute atomic E-state index is 12.9. The third-order valence-corrected chi connectivity index (χ3v) is 3.35. The minimum Gasteiger partial charge on any atom is -0.509 e. The molecule has 20 heavy (non-hydrogen) atoms. The molecule has 0 heterocycles. The molecule has 0 saturated heterocycles. The monoisotopic (exact) mass is 274 g/mol. The van der Waals surface area contributed by atoms with E-state index in [1.807, 2.05) is 6.07 Å². The molecule has 1 nitrogen and oxygen atoms in total. The van der Waals surface area contributed by atoms with Crippen LogP contribution in [0.3, 0.4) is 0 Å². The molecule has 2 heteroatoms. The van der Waals surface area contributed by atoms with Crippen LogP contribution in [-0.4, -0.2) is 5.11 Å². The van der Waals surface area contributed by atoms with Crippen LogP contribution in [-0.2, 0) is 0 Å². The van der Waals surface area contributed by atoms with Gasteiger partial charge in [0.25, 0.3) is 0 Å². The van der Waals surface area contributed by atoms with Crippen LogP contribution in [0.5, 0.6) is 0 Å². The first-order chi connectivity index (χ1) is 9.63. The van der Waals surface area contributed by atoms with Gasteiger partial charge in [0, 0.05) is 0 Å². The molecule has 0 atom stereocenters. The van der Waals surface area contributed by atoms with E-state index in [9.17, 15) is 4.39 Å². The quantitative estimate of drug-likeness (QED) is 0.556. The Bertz CT molecular complexity index is 456. The molecular weight excluding hydrogens is 251 g/mol. The lowest BCUT2D eigenvalue weighted by Crippen LogP contribution is -2.04. The van der Waals surface area contributed by atoms with Gasteiger partial charge in [0.2, 0.25) is 0 Å². The lowest BCUT2D eigenvalue weighted by Gasteiger charge is -2.21. The zero-order valence-corrected chi connectivity index (χ0v) is 11.9. The van der Waals surface area contributed by atoms with Gasteiger partial charge in [-0.05, 0) is 42.5 Å². The summed E-state index contributed by atoms with van der Waals surface area (Å²) in [6.07, 6.45) is 11.1. The SMILES string of the molecule is C=C/C=C\C(=C)O.Fc1cccc(C2CCCCC2)c1. The summed E-state index contributed by atoms with van der Waals surface area (Å²) in [6.45, 7) is 6.61. The average Bonchev–Trinajstić information content (AvgIpc) is 2.47. The van der Waals surface area contributed by atoms with Gasteiger partial charge < -0.3 is 5.11 Å². The summed E-state index contributed by atoms with van der Waals surface area (Å²) in [5, 5.41) is 8.35. The van der Waals surface area contributed by atoms with Gasteiger partial charge >= 0.3 is 0 Å². The highest BCUT2D eigenvalue weighted by Crippen LogP contribution is 2.32. The van der Waals surface area contributed by atoms with Crippen molar-refractivity contribution in [3.05, 3.63) is 72.8 Å². The van der Waals surface area contributed by atoms with Crippen LogP contribution in [0.25, 0.3) is 0 Å². The lowest BCUT2D eigenvalue weighted by atomic mass is 9.84. The Balaban J connectivity index is 0.000000246. The fraction of sp³-hybridized carbons (Fsp3) is 0.333. The molecule has 0 radical (unpaired) electrons. The van der Waals surface area contributed by atoms with Gasteiger partial charge in [-0.15, -0.1) is 0 Å². The Kier molecular flexibility index (Phi) is 7.41. The third kappa shape index (κ3) is 6.37. The summed E-state index contributed by atoms with van der Waals surface area (Å²) in [6, 6.07) is 7.08. The number of aliphatic hydroxyl groups is 1. The second-order valence-electron chi connectivity index (χ2n) is 4.98. The van der Waals surface area contributed by atoms with E-state index in [0.717, 1.165) is 0 Å². The Hall–Kier alpha value is -1.83. The van der Waals surface area contributed by atoms with Crippen molar-refractivity contribution >= 4 is 0 Å². The van der Waals surface area contributed by atoms with Crippen LogP contribution in [0.4, 0.5) is 4.39 Å². The Labute approximate surface area is 121 Å². The van der Waals surface area contributed by atoms with Crippen molar-refractivity contribution in [1.82, 2.24) is 0 Å². The number of halogens is 1. The van der Waals surface area contributed by atoms with Gasteiger partial charge in [-0.3, -0.25) is 0 Å². The summed E-state index contributed by atoms with van der Waals surface area (Å²) in [7, 11) is 0. The number of hydrogen-bond acceptors (Lipinski definition) is 1. The fourth-order valence-corrected chi connectivity index (χ4v) is 2.38. The maximum atomic E-state index is 12.9. The molecule has 0 aromatic heterocycles. The van der Waals surface area contributed by atoms with E-state index in [1.165, 1.54) is 49.8 Å². The van der Waals surface area contributed by atoms with E-state index >= 15 is 0 Å². The number of aliphatic hydroxyl groups excluding tert-OH is 1. The van der Waals surface area contributed by atoms with E-state index in [1.54, 1.807) is 18.2 Å². The zero-order chi connectivity index (χ0) is 14.8. The van der Waals surface area contributed by atoms with Gasteiger partial charge in [0.05, 0.1) is 0 Å². The van der Waals surface area contributed by atoms with Gasteiger partial charge in [-0.2, -0.15) is 0 Å². The summed E-state index contributed by atoms with van der Waals surface area (Å²) >= 11 is 0. The first-order valence-corrected chi connectivity index (χ1v) is 7.06. The summed E-state index contributed by atoms with van der Waals surface area (Å²) in [5.41, 5.74) is 1.19. The van der Waals surface area contributed by atoms with Crippen LogP contribution in [0.2, 0.25) is 0 Å². The van der Waals surface area contributed by atoms with Crippen molar-refractivity contribution in [1.29, 1.82) is 0 Å². The minimum absolute atomic E-state index is 0.0555. The number of rotatable bonds is 3. The molecule has 1 saturated carbocycles. The maximum Gasteiger partial charge on any atom is 0.123 e. The smallest absolute Gasteiger partial charge is 0.123 e. The molecule has 2 rings (SSSR count). The van der Waals surface area contributed by atoms with Crippen molar-refractivity contribution in [2.45, 2.75) is 38.0 Å². The Morgan fingerprint density at radius 2 is 1.95 bits per heavy atom. The van der Waals surface area contributed by atoms with E-state index in [-0.39, 0.29) is 11.6 Å². The zero-order valence-electron chi connectivity index (χ0n) is 11.9. The van der Waals surface area contributed by atoms with Crippen molar-refractivity contribution in [3.63, 3.8) is 0 Å². The van der Waals surface area contributed by atoms with Crippen LogP contribution in [0.1, 0.15) is 43.6 Å². The lowest BCUT2D eigenvalue weighted by molar-refractivity contribution is 0.435. The normalized spacial score (nSPS) is 15.4. The predicted molar refractivity (Wildman–Crippen MR) is 83.3 cm³/mol. The molecule has 1 aromatic rings. The van der Waals surface area contributed by atoms with Gasteiger partial charge in [-0.1, -0.05) is 56.7 Å². The largest absolute Gasteiger partial charge is 0.509 e. The Morgan fingerprint density at radius 1 is 1.25 bits per heavy atom. The van der Waals surface area contributed by atoms with Crippen LogP contribution < -0.4 is 0 Å². The third-order valence-electron chi connectivity index (χ3n) is 3.35. The highest BCUT2D eigenvalue weighted by molar-refractivity contribution is 5.20. The molecule has 108 valence electrons. The molecule has 0 bridgehead atoms. The van der Waals surface area contributed by atoms with Crippen molar-refractivity contribution in [2.75, 3.05) is 0 Å². The molecule has 1 fully saturated rings. The summed E-state index contributed by atoms with van der Waals surface area (Å²) in [4.78, 5) is 0. The van der Waals surface area contributed by atoms with E-state index < -0.39 is 0 Å². The van der Waals surface area contributed by atoms with Crippen molar-refractivity contribution < 1.29 is 9.50 Å². The number of benzene rings is 1. The van der Waals surface area contributed by atoms with E-state index in [0.29, 0.717) is 5.92 Å². The molecule has 1 N–H and O–H groups in total. The first kappa shape index (κ1) is 16.2. The highest BCUT2D eigenvalue weighted by Gasteiger charge is 2.15. The number of allylic oxidation sites excluding steroid dienone is 3. The fourth-order valence-electron chi connectivity index (χ4n) is 2.38. The molecule has 1 aromatic carbocycles. The van der Waals surface area contributed by atoms with Crippen LogP contribution >= 0.6 is 0 Å². The Morgan fingerprint density at radius 3 is 2.45 bits per heavy atom. The summed E-state index contributed by atoms with van der Waals surface area (Å²) in [5.74, 6) is 0.576. The van der Waals surface area contributed by atoms with Crippen LogP contribution in [0.15, 0.2) is 61.4 Å². The molecule has 0 aliphatic heterocycles. The average molecular weight is 274 g/mol. The van der Waals surface area contributed by atoms with Crippen molar-refractivity contribution in [2.24, 2.45) is 0 Å². The molecule has 1 aliphatic carbocycles. The number of hydrogen-bond donors (Lipinski definition) is 1. The molecular formula is C18H23FO. The first-order valence-electron chi connectivity index (χ1n) is 7.06. The van der Waals surface area contributed by atoms with Gasteiger partial charge in [-0.25, -0.2) is 4.39 Å². The molecule has 1 aliphatic rings. The standard InChI is InChI=1S/C12H15F.C6H8O/c13-12-8-4-7-11(9-12)10-5-2-1-3-6-10;1-3-4-5-6(2)7/h4,7-10H,1-3,5-6H2;3-5,7H,1-2H2/b;5-4-. The second kappa shape index (κ2) is 9.13. The molecule has 0 amide bonds. The van der Waals surface area contributed by atoms with Gasteiger partial charge in [0.15, 0.2) is 0 Å². The minimum atomic E-state index is -0.0944. The predicted octanol–water partition coefficient (Wildman–Crippen LogP) is 5.67. The second-order valence-corrected chi connectivity index (χ2v) is 4.98. The topological polar surface area (TPSA) is 20.2 Å².